The van der Waals surface area contributed by atoms with Gasteiger partial charge in [-0.1, -0.05) is 24.3 Å². The van der Waals surface area contributed by atoms with Gasteiger partial charge >= 0.3 is 5.97 Å². The highest BCUT2D eigenvalue weighted by molar-refractivity contribution is 6.01. The molecule has 0 bridgehead atoms. The molecule has 3 nitrogen and oxygen atoms in total. The molecule has 3 heteroatoms. The van der Waals surface area contributed by atoms with Crippen LogP contribution < -0.4 is 0 Å². The van der Waals surface area contributed by atoms with E-state index < -0.39 is 5.97 Å². The number of benzene rings is 1. The average Bonchev–Trinajstić information content (AvgIpc) is 2.39. The van der Waals surface area contributed by atoms with Gasteiger partial charge in [0.2, 0.25) is 0 Å². The predicted molar refractivity (Wildman–Crippen MR) is 71.7 cm³/mol. The van der Waals surface area contributed by atoms with E-state index in [4.69, 9.17) is 0 Å². The van der Waals surface area contributed by atoms with Crippen molar-refractivity contribution in [1.82, 2.24) is 0 Å². The van der Waals surface area contributed by atoms with E-state index in [1.807, 2.05) is 18.2 Å². The van der Waals surface area contributed by atoms with Gasteiger partial charge < -0.3 is 5.11 Å². The van der Waals surface area contributed by atoms with Crippen molar-refractivity contribution >= 4 is 17.3 Å². The molecule has 0 fully saturated rings. The third-order valence-corrected chi connectivity index (χ3v) is 4.40. The van der Waals surface area contributed by atoms with Crippen molar-refractivity contribution in [3.63, 3.8) is 0 Å². The minimum atomic E-state index is -0.778. The van der Waals surface area contributed by atoms with Crippen LogP contribution >= 0.6 is 0 Å². The quantitative estimate of drug-likeness (QED) is 0.885. The lowest BCUT2D eigenvalue weighted by Gasteiger charge is -2.42. The number of hydrogen-bond acceptors (Lipinski definition) is 2. The van der Waals surface area contributed by atoms with Gasteiger partial charge in [-0.3, -0.25) is 9.59 Å². The van der Waals surface area contributed by atoms with Crippen LogP contribution in [0.4, 0.5) is 0 Å². The van der Waals surface area contributed by atoms with Gasteiger partial charge in [-0.25, -0.2) is 0 Å². The molecule has 3 rings (SSSR count). The zero-order valence-electron chi connectivity index (χ0n) is 10.7. The third-order valence-electron chi connectivity index (χ3n) is 4.40. The molecule has 1 unspecified atom stereocenters. The zero-order chi connectivity index (χ0) is 13.5. The number of ketones is 1. The normalized spacial score (nSPS) is 25.3. The highest BCUT2D eigenvalue weighted by atomic mass is 16.4. The second-order valence-corrected chi connectivity index (χ2v) is 5.53. The molecule has 1 aromatic carbocycles. The third kappa shape index (κ3) is 1.99. The Bertz CT molecular complexity index is 585. The fourth-order valence-corrected chi connectivity index (χ4v) is 3.44. The minimum Gasteiger partial charge on any atom is -0.481 e. The number of hydrogen-bond donors (Lipinski definition) is 1. The molecule has 98 valence electrons. The van der Waals surface area contributed by atoms with Crippen LogP contribution in [-0.2, 0) is 16.0 Å². The Morgan fingerprint density at radius 2 is 1.95 bits per heavy atom. The first kappa shape index (κ1) is 12.2. The van der Waals surface area contributed by atoms with Gasteiger partial charge in [-0.05, 0) is 42.0 Å². The first-order chi connectivity index (χ1) is 9.11. The number of fused-ring (bicyclic) bond motifs is 3. The molecule has 0 saturated heterocycles. The fraction of sp³-hybridized carbons (Fsp3) is 0.375. The number of carbonyl (C=O) groups excluding carboxylic acids is 1. The van der Waals surface area contributed by atoms with Crippen molar-refractivity contribution in [3.05, 3.63) is 41.5 Å². The lowest BCUT2D eigenvalue weighted by molar-refractivity contribution is -0.139. The van der Waals surface area contributed by atoms with E-state index >= 15 is 0 Å². The molecule has 1 N–H and O–H groups in total. The first-order valence-corrected chi connectivity index (χ1v) is 6.66. The lowest BCUT2D eigenvalue weighted by atomic mass is 9.61. The maximum Gasteiger partial charge on any atom is 0.304 e. The Morgan fingerprint density at radius 1 is 1.21 bits per heavy atom. The van der Waals surface area contributed by atoms with Gasteiger partial charge in [0.1, 0.15) is 0 Å². The molecule has 2 aliphatic rings. The fourth-order valence-electron chi connectivity index (χ4n) is 3.44. The van der Waals surface area contributed by atoms with Crippen LogP contribution in [0.15, 0.2) is 30.3 Å². The standard InChI is InChI=1S/C16H16O3/c17-12-6-8-16(10-15(18)19)7-5-11-3-1-2-4-13(11)14(16)9-12/h1-4,9H,5-8,10H2,(H,18,19). The average molecular weight is 256 g/mol. The van der Waals surface area contributed by atoms with Gasteiger partial charge in [0.05, 0.1) is 6.42 Å². The van der Waals surface area contributed by atoms with Crippen LogP contribution in [0.1, 0.15) is 36.8 Å². The van der Waals surface area contributed by atoms with Gasteiger partial charge in [0.25, 0.3) is 0 Å². The van der Waals surface area contributed by atoms with Crippen LogP contribution in [0.5, 0.6) is 0 Å². The summed E-state index contributed by atoms with van der Waals surface area (Å²) in [5, 5.41) is 9.20. The largest absolute Gasteiger partial charge is 0.481 e. The van der Waals surface area contributed by atoms with E-state index in [1.54, 1.807) is 6.08 Å². The van der Waals surface area contributed by atoms with Crippen LogP contribution in [0.25, 0.3) is 5.57 Å². The molecule has 0 saturated carbocycles. The number of carboxylic acid groups (broad SMARTS) is 1. The molecule has 0 heterocycles. The minimum absolute atomic E-state index is 0.118. The second kappa shape index (κ2) is 4.34. The van der Waals surface area contributed by atoms with E-state index in [0.29, 0.717) is 12.8 Å². The highest BCUT2D eigenvalue weighted by Gasteiger charge is 2.42. The number of allylic oxidation sites excluding steroid dienone is 2. The maximum atomic E-state index is 11.7. The lowest BCUT2D eigenvalue weighted by Crippen LogP contribution is -2.34. The highest BCUT2D eigenvalue weighted by Crippen LogP contribution is 2.52. The van der Waals surface area contributed by atoms with E-state index in [1.165, 1.54) is 5.56 Å². The predicted octanol–water partition coefficient (Wildman–Crippen LogP) is 2.84. The summed E-state index contributed by atoms with van der Waals surface area (Å²) < 4.78 is 0. The molecule has 19 heavy (non-hydrogen) atoms. The van der Waals surface area contributed by atoms with Crippen molar-refractivity contribution in [2.75, 3.05) is 0 Å². The van der Waals surface area contributed by atoms with Crippen LogP contribution in [0.3, 0.4) is 0 Å². The van der Waals surface area contributed by atoms with Crippen LogP contribution in [0, 0.1) is 5.41 Å². The Labute approximate surface area is 111 Å². The maximum absolute atomic E-state index is 11.7. The van der Waals surface area contributed by atoms with Crippen molar-refractivity contribution in [2.24, 2.45) is 5.41 Å². The molecule has 0 spiro atoms. The topological polar surface area (TPSA) is 54.4 Å². The second-order valence-electron chi connectivity index (χ2n) is 5.53. The molecule has 1 aromatic rings. The van der Waals surface area contributed by atoms with Crippen molar-refractivity contribution < 1.29 is 14.7 Å². The number of carbonyl (C=O) groups is 2. The Hall–Kier alpha value is -1.90. The van der Waals surface area contributed by atoms with Gasteiger partial charge in [0.15, 0.2) is 5.78 Å². The summed E-state index contributed by atoms with van der Waals surface area (Å²) in [5.74, 6) is -0.660. The van der Waals surface area contributed by atoms with E-state index in [9.17, 15) is 14.7 Å². The molecular weight excluding hydrogens is 240 g/mol. The Balaban J connectivity index is 2.14. The summed E-state index contributed by atoms with van der Waals surface area (Å²) in [4.78, 5) is 22.9. The molecular formula is C16H16O3. The van der Waals surface area contributed by atoms with E-state index in [2.05, 4.69) is 6.07 Å². The number of rotatable bonds is 2. The smallest absolute Gasteiger partial charge is 0.304 e. The van der Waals surface area contributed by atoms with Crippen LogP contribution in [0.2, 0.25) is 0 Å². The molecule has 0 aromatic heterocycles. The number of aliphatic carboxylic acids is 1. The Morgan fingerprint density at radius 3 is 2.74 bits per heavy atom. The summed E-state index contributed by atoms with van der Waals surface area (Å²) in [6.07, 6.45) is 4.67. The van der Waals surface area contributed by atoms with E-state index in [0.717, 1.165) is 24.0 Å². The van der Waals surface area contributed by atoms with Gasteiger partial charge in [-0.2, -0.15) is 0 Å². The zero-order valence-corrected chi connectivity index (χ0v) is 10.7. The number of aryl methyl sites for hydroxylation is 1. The summed E-state index contributed by atoms with van der Waals surface area (Å²) in [6.45, 7) is 0. The summed E-state index contributed by atoms with van der Waals surface area (Å²) in [7, 11) is 0. The molecule has 2 aliphatic carbocycles. The van der Waals surface area contributed by atoms with E-state index in [-0.39, 0.29) is 17.6 Å². The molecule has 0 aliphatic heterocycles. The van der Waals surface area contributed by atoms with Gasteiger partial charge in [0, 0.05) is 11.8 Å². The summed E-state index contributed by atoms with van der Waals surface area (Å²) in [5.41, 5.74) is 2.91. The molecule has 0 radical (unpaired) electrons. The van der Waals surface area contributed by atoms with Crippen molar-refractivity contribution in [2.45, 2.75) is 32.1 Å². The van der Waals surface area contributed by atoms with Crippen molar-refractivity contribution in [1.29, 1.82) is 0 Å². The summed E-state index contributed by atoms with van der Waals surface area (Å²) in [6, 6.07) is 8.03. The Kier molecular flexibility index (Phi) is 2.77. The van der Waals surface area contributed by atoms with Gasteiger partial charge in [-0.15, -0.1) is 0 Å². The first-order valence-electron chi connectivity index (χ1n) is 6.66. The SMILES string of the molecule is O=C(O)CC12CCC(=O)C=C1c1ccccc1CC2. The van der Waals surface area contributed by atoms with Crippen LogP contribution in [-0.4, -0.2) is 16.9 Å². The number of carboxylic acids is 1. The summed E-state index contributed by atoms with van der Waals surface area (Å²) >= 11 is 0. The molecule has 1 atom stereocenters. The monoisotopic (exact) mass is 256 g/mol. The van der Waals surface area contributed by atoms with Crippen molar-refractivity contribution in [3.8, 4) is 0 Å². The molecule has 0 amide bonds.